The highest BCUT2D eigenvalue weighted by atomic mass is 16.2. The van der Waals surface area contributed by atoms with Crippen LogP contribution in [0.4, 0.5) is 0 Å². The lowest BCUT2D eigenvalue weighted by molar-refractivity contribution is -0.126. The number of carbonyl (C=O) groups excluding carboxylic acids is 2. The van der Waals surface area contributed by atoms with E-state index in [1.807, 2.05) is 0 Å². The third-order valence-electron chi connectivity index (χ3n) is 3.97. The largest absolute Gasteiger partial charge is 0.296 e. The Morgan fingerprint density at radius 3 is 2.73 bits per heavy atom. The molecule has 3 nitrogen and oxygen atoms in total. The Kier molecular flexibility index (Phi) is 3.08. The van der Waals surface area contributed by atoms with Crippen molar-refractivity contribution in [3.05, 3.63) is 0 Å². The lowest BCUT2D eigenvalue weighted by Crippen LogP contribution is -2.29. The zero-order valence-electron chi connectivity index (χ0n) is 9.29. The summed E-state index contributed by atoms with van der Waals surface area (Å²) in [4.78, 5) is 22.7. The topological polar surface area (TPSA) is 46.2 Å². The van der Waals surface area contributed by atoms with Crippen LogP contribution in [0.2, 0.25) is 0 Å². The van der Waals surface area contributed by atoms with Gasteiger partial charge in [-0.2, -0.15) is 0 Å². The van der Waals surface area contributed by atoms with Gasteiger partial charge in [-0.3, -0.25) is 14.9 Å². The Balaban J connectivity index is 1.98. The fourth-order valence-electron chi connectivity index (χ4n) is 3.02. The van der Waals surface area contributed by atoms with Crippen molar-refractivity contribution in [2.75, 3.05) is 0 Å². The molecule has 0 aromatic rings. The van der Waals surface area contributed by atoms with Gasteiger partial charge in [0, 0.05) is 12.3 Å². The van der Waals surface area contributed by atoms with Crippen LogP contribution in [0.15, 0.2) is 0 Å². The minimum atomic E-state index is -0.0800. The van der Waals surface area contributed by atoms with Crippen LogP contribution in [-0.4, -0.2) is 11.8 Å². The second-order valence-corrected chi connectivity index (χ2v) is 4.92. The van der Waals surface area contributed by atoms with Crippen molar-refractivity contribution in [1.82, 2.24) is 5.32 Å². The highest BCUT2D eigenvalue weighted by Gasteiger charge is 2.38. The Morgan fingerprint density at radius 1 is 1.33 bits per heavy atom. The minimum Gasteiger partial charge on any atom is -0.296 e. The van der Waals surface area contributed by atoms with E-state index in [9.17, 15) is 9.59 Å². The molecular formula is C12H19NO2. The van der Waals surface area contributed by atoms with Gasteiger partial charge < -0.3 is 0 Å². The van der Waals surface area contributed by atoms with Crippen molar-refractivity contribution >= 4 is 11.8 Å². The van der Waals surface area contributed by atoms with Crippen molar-refractivity contribution < 1.29 is 9.59 Å². The standard InChI is InChI=1S/C12H19NO2/c1-2-8-4-3-5-9(6-8)10-7-11(14)13-12(10)15/h8-10H,2-7H2,1H3,(H,13,14,15). The molecule has 1 heterocycles. The molecule has 1 N–H and O–H groups in total. The Morgan fingerprint density at radius 2 is 2.13 bits per heavy atom. The third-order valence-corrected chi connectivity index (χ3v) is 3.97. The number of carbonyl (C=O) groups is 2. The van der Waals surface area contributed by atoms with Crippen molar-refractivity contribution in [1.29, 1.82) is 0 Å². The zero-order chi connectivity index (χ0) is 10.8. The summed E-state index contributed by atoms with van der Waals surface area (Å²) in [6.45, 7) is 2.22. The number of nitrogens with one attached hydrogen (secondary N) is 1. The van der Waals surface area contributed by atoms with Crippen molar-refractivity contribution in [2.24, 2.45) is 17.8 Å². The van der Waals surface area contributed by atoms with Crippen LogP contribution in [0, 0.1) is 17.8 Å². The van der Waals surface area contributed by atoms with Crippen LogP contribution in [0.3, 0.4) is 0 Å². The molecule has 0 aromatic carbocycles. The van der Waals surface area contributed by atoms with Gasteiger partial charge in [0.2, 0.25) is 11.8 Å². The quantitative estimate of drug-likeness (QED) is 0.706. The smallest absolute Gasteiger partial charge is 0.230 e. The molecular weight excluding hydrogens is 190 g/mol. The summed E-state index contributed by atoms with van der Waals surface area (Å²) >= 11 is 0. The molecule has 2 rings (SSSR count). The maximum Gasteiger partial charge on any atom is 0.230 e. The van der Waals surface area contributed by atoms with Gasteiger partial charge in [0.1, 0.15) is 0 Å². The van der Waals surface area contributed by atoms with Crippen LogP contribution in [0.1, 0.15) is 45.4 Å². The molecule has 15 heavy (non-hydrogen) atoms. The lowest BCUT2D eigenvalue weighted by atomic mass is 9.74. The van der Waals surface area contributed by atoms with E-state index in [-0.39, 0.29) is 17.7 Å². The van der Waals surface area contributed by atoms with Crippen LogP contribution in [0.25, 0.3) is 0 Å². The number of hydrogen-bond donors (Lipinski definition) is 1. The maximum atomic E-state index is 11.5. The van der Waals surface area contributed by atoms with E-state index >= 15 is 0 Å². The molecule has 1 aliphatic heterocycles. The lowest BCUT2D eigenvalue weighted by Gasteiger charge is -2.30. The fraction of sp³-hybridized carbons (Fsp3) is 0.833. The second-order valence-electron chi connectivity index (χ2n) is 4.92. The molecule has 2 fully saturated rings. The van der Waals surface area contributed by atoms with E-state index in [1.54, 1.807) is 0 Å². The van der Waals surface area contributed by atoms with Gasteiger partial charge in [-0.15, -0.1) is 0 Å². The van der Waals surface area contributed by atoms with Crippen LogP contribution in [0.5, 0.6) is 0 Å². The van der Waals surface area contributed by atoms with Gasteiger partial charge in [-0.1, -0.05) is 26.2 Å². The maximum absolute atomic E-state index is 11.5. The van der Waals surface area contributed by atoms with Crippen LogP contribution < -0.4 is 5.32 Å². The Bertz CT molecular complexity index is 275. The second kappa shape index (κ2) is 4.33. The summed E-state index contributed by atoms with van der Waals surface area (Å²) in [6.07, 6.45) is 6.43. The monoisotopic (exact) mass is 209 g/mol. The molecule has 0 radical (unpaired) electrons. The fourth-order valence-corrected chi connectivity index (χ4v) is 3.02. The average molecular weight is 209 g/mol. The summed E-state index contributed by atoms with van der Waals surface area (Å²) in [5.74, 6) is 1.10. The van der Waals surface area contributed by atoms with E-state index in [4.69, 9.17) is 0 Å². The van der Waals surface area contributed by atoms with E-state index < -0.39 is 0 Å². The van der Waals surface area contributed by atoms with E-state index in [0.29, 0.717) is 12.3 Å². The van der Waals surface area contributed by atoms with Crippen molar-refractivity contribution in [3.8, 4) is 0 Å². The molecule has 0 spiro atoms. The predicted octanol–water partition coefficient (Wildman–Crippen LogP) is 1.87. The SMILES string of the molecule is CCC1CCCC(C2CC(=O)NC2=O)C1. The summed E-state index contributed by atoms with van der Waals surface area (Å²) in [6, 6.07) is 0. The third kappa shape index (κ3) is 2.21. The molecule has 84 valence electrons. The Hall–Kier alpha value is -0.860. The predicted molar refractivity (Wildman–Crippen MR) is 57.0 cm³/mol. The number of amides is 2. The average Bonchev–Trinajstić information content (AvgIpc) is 2.58. The molecule has 2 aliphatic rings. The van der Waals surface area contributed by atoms with Gasteiger partial charge in [-0.25, -0.2) is 0 Å². The molecule has 3 unspecified atom stereocenters. The highest BCUT2D eigenvalue weighted by Crippen LogP contribution is 2.37. The molecule has 0 aromatic heterocycles. The zero-order valence-corrected chi connectivity index (χ0v) is 9.29. The number of rotatable bonds is 2. The summed E-state index contributed by atoms with van der Waals surface area (Å²) in [5, 5.41) is 2.42. The van der Waals surface area contributed by atoms with Gasteiger partial charge >= 0.3 is 0 Å². The summed E-state index contributed by atoms with van der Waals surface area (Å²) in [5.41, 5.74) is 0. The summed E-state index contributed by atoms with van der Waals surface area (Å²) < 4.78 is 0. The Labute approximate surface area is 90.6 Å². The van der Waals surface area contributed by atoms with Crippen molar-refractivity contribution in [2.45, 2.75) is 45.4 Å². The van der Waals surface area contributed by atoms with Crippen molar-refractivity contribution in [3.63, 3.8) is 0 Å². The van der Waals surface area contributed by atoms with Gasteiger partial charge in [-0.05, 0) is 24.7 Å². The van der Waals surface area contributed by atoms with E-state index in [2.05, 4.69) is 12.2 Å². The van der Waals surface area contributed by atoms with Crippen LogP contribution >= 0.6 is 0 Å². The molecule has 3 atom stereocenters. The number of imide groups is 1. The minimum absolute atomic E-state index is 0.0214. The first kappa shape index (κ1) is 10.7. The molecule has 1 saturated carbocycles. The molecule has 1 aliphatic carbocycles. The van der Waals surface area contributed by atoms with Crippen LogP contribution in [-0.2, 0) is 9.59 Å². The van der Waals surface area contributed by atoms with Gasteiger partial charge in [0.25, 0.3) is 0 Å². The van der Waals surface area contributed by atoms with Gasteiger partial charge in [0.15, 0.2) is 0 Å². The van der Waals surface area contributed by atoms with E-state index in [1.165, 1.54) is 19.3 Å². The molecule has 2 amide bonds. The first-order valence-electron chi connectivity index (χ1n) is 6.04. The highest BCUT2D eigenvalue weighted by molar-refractivity contribution is 6.03. The molecule has 0 bridgehead atoms. The molecule has 3 heteroatoms. The number of hydrogen-bond acceptors (Lipinski definition) is 2. The first-order chi connectivity index (χ1) is 7.20. The van der Waals surface area contributed by atoms with Gasteiger partial charge in [0.05, 0.1) is 0 Å². The normalized spacial score (nSPS) is 36.7. The van der Waals surface area contributed by atoms with E-state index in [0.717, 1.165) is 18.8 Å². The first-order valence-corrected chi connectivity index (χ1v) is 6.04. The molecule has 1 saturated heterocycles. The summed E-state index contributed by atoms with van der Waals surface area (Å²) in [7, 11) is 0.